The number of aliphatic hydroxyl groups excluding tert-OH is 1. The van der Waals surface area contributed by atoms with E-state index in [2.05, 4.69) is 4.98 Å². The Morgan fingerprint density at radius 2 is 1.92 bits per heavy atom. The molecule has 11 heteroatoms. The molecule has 0 spiro atoms. The van der Waals surface area contributed by atoms with Crippen molar-refractivity contribution in [2.24, 2.45) is 0 Å². The highest BCUT2D eigenvalue weighted by Gasteiger charge is 2.48. The van der Waals surface area contributed by atoms with Crippen LogP contribution in [-0.2, 0) is 16.0 Å². The largest absolute Gasteiger partial charge is 0.507 e. The molecule has 1 saturated heterocycles. The first-order valence-corrected chi connectivity index (χ1v) is 12.8. The lowest BCUT2D eigenvalue weighted by Crippen LogP contribution is -2.29. The van der Waals surface area contributed by atoms with Crippen molar-refractivity contribution in [3.8, 4) is 5.75 Å². The zero-order valence-electron chi connectivity index (χ0n) is 19.8. The maximum atomic E-state index is 13.4. The molecule has 1 fully saturated rings. The number of nitrogens with zero attached hydrogens (tertiary/aromatic N) is 3. The molecule has 0 radical (unpaired) electrons. The first-order chi connectivity index (χ1) is 18.2. The SMILES string of the molecule is C[C@@H]1Cc2cc(/C(O)=C3\C(=O)C(=O)N(c4nc5ccc(Cl)cc5s4)[C@@H]3c3ccc([N+](=O)[O-])cc3)ccc2O1. The fourth-order valence-electron chi connectivity index (χ4n) is 4.84. The highest BCUT2D eigenvalue weighted by molar-refractivity contribution is 7.22. The van der Waals surface area contributed by atoms with Crippen molar-refractivity contribution >= 4 is 61.4 Å². The molecule has 6 rings (SSSR count). The zero-order chi connectivity index (χ0) is 26.7. The van der Waals surface area contributed by atoms with Crippen LogP contribution in [0.3, 0.4) is 0 Å². The van der Waals surface area contributed by atoms with Crippen molar-refractivity contribution in [1.29, 1.82) is 0 Å². The fourth-order valence-corrected chi connectivity index (χ4v) is 6.11. The Morgan fingerprint density at radius 3 is 2.66 bits per heavy atom. The van der Waals surface area contributed by atoms with Crippen molar-refractivity contribution < 1.29 is 24.4 Å². The number of halogens is 1. The average molecular weight is 548 g/mol. The second-order valence-electron chi connectivity index (χ2n) is 9.08. The molecule has 1 N–H and O–H groups in total. The lowest BCUT2D eigenvalue weighted by atomic mass is 9.94. The van der Waals surface area contributed by atoms with Gasteiger partial charge in [-0.05, 0) is 66.6 Å². The van der Waals surface area contributed by atoms with Crippen molar-refractivity contribution in [2.45, 2.75) is 25.5 Å². The number of non-ortho nitro benzene ring substituents is 1. The van der Waals surface area contributed by atoms with Crippen LogP contribution in [0.5, 0.6) is 5.75 Å². The van der Waals surface area contributed by atoms with Gasteiger partial charge in [0.1, 0.15) is 17.6 Å². The Morgan fingerprint density at radius 1 is 1.16 bits per heavy atom. The Kier molecular flexibility index (Phi) is 5.66. The number of ether oxygens (including phenoxy) is 1. The molecule has 2 atom stereocenters. The third-order valence-electron chi connectivity index (χ3n) is 6.58. The average Bonchev–Trinajstić information content (AvgIpc) is 3.55. The van der Waals surface area contributed by atoms with Gasteiger partial charge in [-0.25, -0.2) is 4.98 Å². The van der Waals surface area contributed by atoms with Crippen molar-refractivity contribution in [3.63, 3.8) is 0 Å². The monoisotopic (exact) mass is 547 g/mol. The molecule has 3 aromatic carbocycles. The number of aliphatic hydroxyl groups is 1. The number of carbonyl (C=O) groups excluding carboxylic acids is 2. The minimum atomic E-state index is -1.06. The smallest absolute Gasteiger partial charge is 0.301 e. The van der Waals surface area contributed by atoms with Gasteiger partial charge < -0.3 is 9.84 Å². The molecular formula is C27H18ClN3O6S. The van der Waals surface area contributed by atoms with Crippen LogP contribution in [0.15, 0.2) is 66.2 Å². The summed E-state index contributed by atoms with van der Waals surface area (Å²) in [6.07, 6.45) is 0.630. The number of nitro groups is 1. The van der Waals surface area contributed by atoms with Crippen LogP contribution in [0, 0.1) is 10.1 Å². The molecule has 1 aromatic heterocycles. The third kappa shape index (κ3) is 3.89. The third-order valence-corrected chi connectivity index (χ3v) is 7.83. The van der Waals surface area contributed by atoms with E-state index in [1.807, 2.05) is 6.92 Å². The van der Waals surface area contributed by atoms with E-state index in [0.29, 0.717) is 38.5 Å². The Balaban J connectivity index is 1.53. The molecule has 190 valence electrons. The number of Topliss-reactive ketones (excluding diaryl/α,β-unsaturated/α-hetero) is 1. The minimum Gasteiger partial charge on any atom is -0.507 e. The van der Waals surface area contributed by atoms with Crippen molar-refractivity contribution in [3.05, 3.63) is 98.1 Å². The number of ketones is 1. The summed E-state index contributed by atoms with van der Waals surface area (Å²) in [5.41, 5.74) is 1.97. The number of anilines is 1. The molecule has 0 aliphatic carbocycles. The van der Waals surface area contributed by atoms with Gasteiger partial charge >= 0.3 is 5.91 Å². The number of hydrogen-bond donors (Lipinski definition) is 1. The van der Waals surface area contributed by atoms with Crippen LogP contribution in [0.1, 0.15) is 29.7 Å². The van der Waals surface area contributed by atoms with Crippen LogP contribution in [0.25, 0.3) is 16.0 Å². The molecule has 3 heterocycles. The number of hydrogen-bond acceptors (Lipinski definition) is 8. The molecule has 9 nitrogen and oxygen atoms in total. The van der Waals surface area contributed by atoms with Gasteiger partial charge in [-0.3, -0.25) is 24.6 Å². The number of benzene rings is 3. The second-order valence-corrected chi connectivity index (χ2v) is 10.5. The summed E-state index contributed by atoms with van der Waals surface area (Å²) < 4.78 is 6.45. The van der Waals surface area contributed by atoms with Gasteiger partial charge in [0.15, 0.2) is 5.13 Å². The van der Waals surface area contributed by atoms with Crippen LogP contribution in [-0.4, -0.2) is 32.8 Å². The van der Waals surface area contributed by atoms with Crippen molar-refractivity contribution in [2.75, 3.05) is 4.90 Å². The number of rotatable bonds is 4. The number of fused-ring (bicyclic) bond motifs is 2. The number of thiazole rings is 1. The normalized spacial score (nSPS) is 20.1. The first kappa shape index (κ1) is 24.1. The summed E-state index contributed by atoms with van der Waals surface area (Å²) in [4.78, 5) is 43.3. The summed E-state index contributed by atoms with van der Waals surface area (Å²) in [7, 11) is 0. The van der Waals surface area contributed by atoms with E-state index >= 15 is 0 Å². The zero-order valence-corrected chi connectivity index (χ0v) is 21.3. The first-order valence-electron chi connectivity index (χ1n) is 11.6. The molecule has 0 saturated carbocycles. The predicted octanol–water partition coefficient (Wildman–Crippen LogP) is 5.81. The van der Waals surface area contributed by atoms with Gasteiger partial charge in [0.25, 0.3) is 11.5 Å². The van der Waals surface area contributed by atoms with Gasteiger partial charge in [-0.2, -0.15) is 0 Å². The van der Waals surface area contributed by atoms with E-state index in [1.54, 1.807) is 36.4 Å². The minimum absolute atomic E-state index is 0.0133. The van der Waals surface area contributed by atoms with Crippen LogP contribution in [0.4, 0.5) is 10.8 Å². The van der Waals surface area contributed by atoms with Crippen LogP contribution < -0.4 is 9.64 Å². The van der Waals surface area contributed by atoms with Gasteiger partial charge in [0.2, 0.25) is 0 Å². The molecule has 4 aromatic rings. The summed E-state index contributed by atoms with van der Waals surface area (Å²) in [5, 5.41) is 23.4. The number of carbonyl (C=O) groups is 2. The number of nitro benzene ring substituents is 1. The summed E-state index contributed by atoms with van der Waals surface area (Å²) in [6, 6.07) is 14.7. The molecule has 2 aliphatic heterocycles. The lowest BCUT2D eigenvalue weighted by molar-refractivity contribution is -0.384. The molecule has 0 bridgehead atoms. The molecule has 0 unspecified atom stereocenters. The maximum absolute atomic E-state index is 13.4. The van der Waals surface area contributed by atoms with Crippen LogP contribution in [0.2, 0.25) is 5.02 Å². The van der Waals surface area contributed by atoms with E-state index in [4.69, 9.17) is 16.3 Å². The number of aromatic nitrogens is 1. The standard InChI is InChI=1S/C27H18ClN3O6S/c1-13-10-16-11-15(4-9-20(16)37-13)24(32)22-23(14-2-6-18(7-3-14)31(35)36)30(26(34)25(22)33)27-29-19-8-5-17(28)12-21(19)38-27/h2-9,11-13,23,32H,10H2,1H3/b24-22+/t13-,23-/m1/s1. The summed E-state index contributed by atoms with van der Waals surface area (Å²) in [5.74, 6) is -1.39. The number of amides is 1. The Labute approximate surface area is 224 Å². The Hall–Kier alpha value is -4.28. The Bertz CT molecular complexity index is 1700. The highest BCUT2D eigenvalue weighted by atomic mass is 35.5. The molecular weight excluding hydrogens is 530 g/mol. The maximum Gasteiger partial charge on any atom is 0.301 e. The quantitative estimate of drug-likeness (QED) is 0.112. The van der Waals surface area contributed by atoms with E-state index < -0.39 is 22.7 Å². The van der Waals surface area contributed by atoms with E-state index in [-0.39, 0.29) is 28.3 Å². The van der Waals surface area contributed by atoms with Gasteiger partial charge in [0.05, 0.1) is 26.8 Å². The lowest BCUT2D eigenvalue weighted by Gasteiger charge is -2.23. The summed E-state index contributed by atoms with van der Waals surface area (Å²) in [6.45, 7) is 1.94. The summed E-state index contributed by atoms with van der Waals surface area (Å²) >= 11 is 7.30. The highest BCUT2D eigenvalue weighted by Crippen LogP contribution is 2.45. The van der Waals surface area contributed by atoms with E-state index in [9.17, 15) is 24.8 Å². The van der Waals surface area contributed by atoms with Crippen LogP contribution >= 0.6 is 22.9 Å². The molecule has 38 heavy (non-hydrogen) atoms. The van der Waals surface area contributed by atoms with E-state index in [1.165, 1.54) is 40.5 Å². The topological polar surface area (TPSA) is 123 Å². The van der Waals surface area contributed by atoms with E-state index in [0.717, 1.165) is 5.56 Å². The molecule has 1 amide bonds. The van der Waals surface area contributed by atoms with Gasteiger partial charge in [0, 0.05) is 29.1 Å². The second kappa shape index (κ2) is 8.93. The predicted molar refractivity (Wildman–Crippen MR) is 143 cm³/mol. The van der Waals surface area contributed by atoms with Gasteiger partial charge in [-0.15, -0.1) is 0 Å². The van der Waals surface area contributed by atoms with Gasteiger partial charge in [-0.1, -0.05) is 22.9 Å². The fraction of sp³-hybridized carbons (Fsp3) is 0.148. The molecule has 2 aliphatic rings. The van der Waals surface area contributed by atoms with Crippen molar-refractivity contribution in [1.82, 2.24) is 4.98 Å².